The molecule has 0 aliphatic carbocycles. The molecule has 1 atom stereocenters. The van der Waals surface area contributed by atoms with Gasteiger partial charge in [0.25, 0.3) is 0 Å². The highest BCUT2D eigenvalue weighted by Gasteiger charge is 2.23. The van der Waals surface area contributed by atoms with Crippen LogP contribution in [0.5, 0.6) is 0 Å². The van der Waals surface area contributed by atoms with Crippen molar-refractivity contribution in [1.82, 2.24) is 10.3 Å². The van der Waals surface area contributed by atoms with Crippen LogP contribution in [0.15, 0.2) is 16.7 Å². The number of hydrogen-bond acceptors (Lipinski definition) is 3. The largest absolute Gasteiger partial charge is 0.354 e. The van der Waals surface area contributed by atoms with Crippen molar-refractivity contribution in [2.24, 2.45) is 5.92 Å². The van der Waals surface area contributed by atoms with Crippen molar-refractivity contribution in [3.8, 4) is 0 Å². The first-order valence-corrected chi connectivity index (χ1v) is 7.99. The van der Waals surface area contributed by atoms with Crippen LogP contribution in [-0.4, -0.2) is 24.1 Å². The predicted octanol–water partition coefficient (Wildman–Crippen LogP) is 3.58. The van der Waals surface area contributed by atoms with E-state index in [9.17, 15) is 0 Å². The molecule has 1 aliphatic heterocycles. The lowest BCUT2D eigenvalue weighted by atomic mass is 10.2. The summed E-state index contributed by atoms with van der Waals surface area (Å²) in [4.78, 5) is 7.09. The monoisotopic (exact) mass is 325 g/mol. The van der Waals surface area contributed by atoms with Gasteiger partial charge < -0.3 is 10.2 Å². The number of pyridine rings is 1. The van der Waals surface area contributed by atoms with Gasteiger partial charge in [-0.2, -0.15) is 0 Å². The Labute approximate surface area is 124 Å². The van der Waals surface area contributed by atoms with Gasteiger partial charge in [-0.25, -0.2) is 4.98 Å². The molecule has 0 bridgehead atoms. The van der Waals surface area contributed by atoms with Crippen molar-refractivity contribution >= 4 is 21.7 Å². The first kappa shape index (κ1) is 14.8. The smallest absolute Gasteiger partial charge is 0.133 e. The van der Waals surface area contributed by atoms with Gasteiger partial charge in [0.05, 0.1) is 0 Å². The van der Waals surface area contributed by atoms with E-state index in [-0.39, 0.29) is 0 Å². The van der Waals surface area contributed by atoms with Crippen LogP contribution in [-0.2, 0) is 6.54 Å². The van der Waals surface area contributed by atoms with Crippen molar-refractivity contribution in [3.05, 3.63) is 22.3 Å². The Balaban J connectivity index is 2.13. The van der Waals surface area contributed by atoms with Gasteiger partial charge in [0.2, 0.25) is 0 Å². The van der Waals surface area contributed by atoms with Crippen molar-refractivity contribution < 1.29 is 0 Å². The fraction of sp³-hybridized carbons (Fsp3) is 0.667. The first-order chi connectivity index (χ1) is 9.08. The molecule has 0 saturated carbocycles. The molecule has 0 spiro atoms. The zero-order valence-electron chi connectivity index (χ0n) is 12.1. The standard InChI is InChI=1S/C15H24BrN3/c1-11(2)8-17-9-13-7-14(16)10-18-15(13)19-6-4-5-12(19)3/h7,10-12,17H,4-6,8-9H2,1-3H3. The average molecular weight is 326 g/mol. The second-order valence-electron chi connectivity index (χ2n) is 5.85. The van der Waals surface area contributed by atoms with E-state index in [2.05, 4.69) is 58.0 Å². The number of hydrogen-bond donors (Lipinski definition) is 1. The van der Waals surface area contributed by atoms with Gasteiger partial charge in [-0.3, -0.25) is 0 Å². The molecule has 106 valence electrons. The lowest BCUT2D eigenvalue weighted by molar-refractivity contribution is 0.551. The third-order valence-corrected chi connectivity index (χ3v) is 4.04. The van der Waals surface area contributed by atoms with E-state index in [0.29, 0.717) is 12.0 Å². The van der Waals surface area contributed by atoms with E-state index in [1.54, 1.807) is 0 Å². The Morgan fingerprint density at radius 3 is 2.95 bits per heavy atom. The summed E-state index contributed by atoms with van der Waals surface area (Å²) < 4.78 is 1.06. The van der Waals surface area contributed by atoms with Gasteiger partial charge in [-0.05, 0) is 54.2 Å². The Hall–Kier alpha value is -0.610. The number of nitrogens with one attached hydrogen (secondary N) is 1. The highest BCUT2D eigenvalue weighted by atomic mass is 79.9. The number of rotatable bonds is 5. The normalized spacial score (nSPS) is 19.4. The number of halogens is 1. The topological polar surface area (TPSA) is 28.2 Å². The highest BCUT2D eigenvalue weighted by molar-refractivity contribution is 9.10. The van der Waals surface area contributed by atoms with Crippen LogP contribution in [0, 0.1) is 5.92 Å². The van der Waals surface area contributed by atoms with Crippen LogP contribution in [0.25, 0.3) is 0 Å². The van der Waals surface area contributed by atoms with Crippen LogP contribution in [0.1, 0.15) is 39.2 Å². The van der Waals surface area contributed by atoms with E-state index in [0.717, 1.165) is 29.9 Å². The molecule has 1 aliphatic rings. The minimum absolute atomic E-state index is 0.609. The molecule has 1 saturated heterocycles. The molecule has 0 radical (unpaired) electrons. The Bertz CT molecular complexity index is 420. The van der Waals surface area contributed by atoms with Crippen molar-refractivity contribution in [1.29, 1.82) is 0 Å². The minimum Gasteiger partial charge on any atom is -0.354 e. The molecule has 1 aromatic heterocycles. The second-order valence-corrected chi connectivity index (χ2v) is 6.76. The van der Waals surface area contributed by atoms with Crippen molar-refractivity contribution in [2.45, 2.75) is 46.2 Å². The lowest BCUT2D eigenvalue weighted by Crippen LogP contribution is -2.29. The Morgan fingerprint density at radius 1 is 1.53 bits per heavy atom. The summed E-state index contributed by atoms with van der Waals surface area (Å²) in [5.74, 6) is 1.83. The fourth-order valence-corrected chi connectivity index (χ4v) is 2.98. The maximum Gasteiger partial charge on any atom is 0.133 e. The van der Waals surface area contributed by atoms with Crippen molar-refractivity contribution in [2.75, 3.05) is 18.0 Å². The molecule has 2 heterocycles. The van der Waals surface area contributed by atoms with E-state index in [1.807, 2.05) is 6.20 Å². The maximum absolute atomic E-state index is 4.65. The predicted molar refractivity (Wildman–Crippen MR) is 84.5 cm³/mol. The molecule has 3 nitrogen and oxygen atoms in total. The summed E-state index contributed by atoms with van der Waals surface area (Å²) in [6, 6.07) is 2.80. The zero-order chi connectivity index (χ0) is 13.8. The van der Waals surface area contributed by atoms with E-state index in [4.69, 9.17) is 0 Å². The average Bonchev–Trinajstić information content (AvgIpc) is 2.75. The molecule has 0 aromatic carbocycles. The molecular formula is C15H24BrN3. The number of aromatic nitrogens is 1. The van der Waals surface area contributed by atoms with Gasteiger partial charge in [-0.15, -0.1) is 0 Å². The third-order valence-electron chi connectivity index (χ3n) is 3.60. The van der Waals surface area contributed by atoms with Crippen LogP contribution in [0.2, 0.25) is 0 Å². The molecule has 1 unspecified atom stereocenters. The SMILES string of the molecule is CC(C)CNCc1cc(Br)cnc1N1CCCC1C. The quantitative estimate of drug-likeness (QED) is 0.896. The third kappa shape index (κ3) is 3.93. The van der Waals surface area contributed by atoms with Gasteiger partial charge >= 0.3 is 0 Å². The van der Waals surface area contributed by atoms with Crippen LogP contribution in [0.4, 0.5) is 5.82 Å². The molecule has 19 heavy (non-hydrogen) atoms. The highest BCUT2D eigenvalue weighted by Crippen LogP contribution is 2.28. The molecule has 1 fully saturated rings. The van der Waals surface area contributed by atoms with E-state index < -0.39 is 0 Å². The summed E-state index contributed by atoms with van der Waals surface area (Å²) >= 11 is 3.53. The van der Waals surface area contributed by atoms with Gasteiger partial charge in [0, 0.05) is 35.4 Å². The summed E-state index contributed by atoms with van der Waals surface area (Å²) in [6.45, 7) is 9.82. The zero-order valence-corrected chi connectivity index (χ0v) is 13.7. The molecule has 1 N–H and O–H groups in total. The number of anilines is 1. The lowest BCUT2D eigenvalue weighted by Gasteiger charge is -2.25. The molecular weight excluding hydrogens is 302 g/mol. The van der Waals surface area contributed by atoms with Crippen LogP contribution in [0.3, 0.4) is 0 Å². The number of nitrogens with zero attached hydrogens (tertiary/aromatic N) is 2. The second kappa shape index (κ2) is 6.71. The van der Waals surface area contributed by atoms with Gasteiger partial charge in [-0.1, -0.05) is 13.8 Å². The summed E-state index contributed by atoms with van der Waals surface area (Å²) in [5.41, 5.74) is 1.30. The Kier molecular flexibility index (Phi) is 5.22. The summed E-state index contributed by atoms with van der Waals surface area (Å²) in [6.07, 6.45) is 4.46. The van der Waals surface area contributed by atoms with Crippen LogP contribution >= 0.6 is 15.9 Å². The van der Waals surface area contributed by atoms with Crippen molar-refractivity contribution in [3.63, 3.8) is 0 Å². The molecule has 2 rings (SSSR count). The minimum atomic E-state index is 0.609. The summed E-state index contributed by atoms with van der Waals surface area (Å²) in [7, 11) is 0. The van der Waals surface area contributed by atoms with E-state index in [1.165, 1.54) is 18.4 Å². The maximum atomic E-state index is 4.65. The first-order valence-electron chi connectivity index (χ1n) is 7.19. The van der Waals surface area contributed by atoms with Gasteiger partial charge in [0.1, 0.15) is 5.82 Å². The summed E-state index contributed by atoms with van der Waals surface area (Å²) in [5, 5.41) is 3.52. The fourth-order valence-electron chi connectivity index (χ4n) is 2.61. The van der Waals surface area contributed by atoms with Crippen LogP contribution < -0.4 is 10.2 Å². The molecule has 1 aromatic rings. The Morgan fingerprint density at radius 2 is 2.32 bits per heavy atom. The van der Waals surface area contributed by atoms with Gasteiger partial charge in [0.15, 0.2) is 0 Å². The molecule has 0 amide bonds. The molecule has 4 heteroatoms. The van der Waals surface area contributed by atoms with E-state index >= 15 is 0 Å².